The highest BCUT2D eigenvalue weighted by molar-refractivity contribution is 7.17. The number of rotatable bonds is 8. The van der Waals surface area contributed by atoms with E-state index in [9.17, 15) is 14.0 Å². The number of nitrogens with one attached hydrogen (secondary N) is 1. The Morgan fingerprint density at radius 3 is 2.70 bits per heavy atom. The Bertz CT molecular complexity index is 1740. The smallest absolute Gasteiger partial charge is 0.309 e. The first kappa shape index (κ1) is 26.0. The minimum Gasteiger partial charge on any atom is -0.463 e. The van der Waals surface area contributed by atoms with Crippen LogP contribution in [-0.2, 0) is 6.54 Å². The number of nitrogens with two attached hydrogens (primary N) is 2. The Morgan fingerprint density at radius 2 is 1.98 bits per heavy atom. The molecule has 0 spiro atoms. The molecule has 6 rings (SSSR count). The maximum absolute atomic E-state index is 14.8. The molecule has 0 saturated carbocycles. The highest BCUT2D eigenvalue weighted by Crippen LogP contribution is 2.28. The van der Waals surface area contributed by atoms with E-state index in [1.807, 2.05) is 17.0 Å². The molecule has 12 nitrogen and oxygen atoms in total. The Balaban J connectivity index is 1.13. The quantitative estimate of drug-likeness (QED) is 0.255. The van der Waals surface area contributed by atoms with Gasteiger partial charge >= 0.3 is 4.87 Å². The fourth-order valence-electron chi connectivity index (χ4n) is 4.94. The SMILES string of the molecule is NCCNC(=O)c1ccc(N2CCN(CCn3c(=O)sc4c3nc(N)n3nc(-c5ccco5)cc43)CC2)c(F)c1. The Labute approximate surface area is 231 Å². The number of hydrogen-bond donors (Lipinski definition) is 3. The highest BCUT2D eigenvalue weighted by atomic mass is 32.1. The first-order chi connectivity index (χ1) is 19.4. The lowest BCUT2D eigenvalue weighted by Gasteiger charge is -2.36. The third kappa shape index (κ3) is 4.80. The summed E-state index contributed by atoms with van der Waals surface area (Å²) < 4.78 is 24.2. The molecule has 14 heteroatoms. The molecule has 0 atom stereocenters. The van der Waals surface area contributed by atoms with Gasteiger partial charge in [-0.2, -0.15) is 14.6 Å². The van der Waals surface area contributed by atoms with Crippen molar-refractivity contribution in [3.05, 3.63) is 63.7 Å². The number of carbonyl (C=O) groups excluding carboxylic acids is 1. The summed E-state index contributed by atoms with van der Waals surface area (Å²) in [4.78, 5) is 33.6. The van der Waals surface area contributed by atoms with Crippen molar-refractivity contribution in [3.63, 3.8) is 0 Å². The molecular weight excluding hydrogens is 537 g/mol. The summed E-state index contributed by atoms with van der Waals surface area (Å²) >= 11 is 1.12. The van der Waals surface area contributed by atoms with Gasteiger partial charge in [0.1, 0.15) is 16.2 Å². The predicted molar refractivity (Wildman–Crippen MR) is 151 cm³/mol. The van der Waals surface area contributed by atoms with Crippen LogP contribution in [-0.4, -0.2) is 75.8 Å². The van der Waals surface area contributed by atoms with Crippen LogP contribution in [0.25, 0.3) is 27.3 Å². The minimum atomic E-state index is -0.435. The number of thiazole rings is 1. The molecule has 0 radical (unpaired) electrons. The van der Waals surface area contributed by atoms with Crippen molar-refractivity contribution in [1.82, 2.24) is 29.4 Å². The van der Waals surface area contributed by atoms with E-state index < -0.39 is 5.82 Å². The number of halogens is 1. The van der Waals surface area contributed by atoms with Gasteiger partial charge in [0, 0.05) is 57.9 Å². The second kappa shape index (κ2) is 10.7. The molecule has 40 heavy (non-hydrogen) atoms. The molecule has 208 valence electrons. The zero-order valence-electron chi connectivity index (χ0n) is 21.5. The van der Waals surface area contributed by atoms with Crippen molar-refractivity contribution in [1.29, 1.82) is 0 Å². The monoisotopic (exact) mass is 565 g/mol. The minimum absolute atomic E-state index is 0.118. The molecule has 1 aliphatic heterocycles. The van der Waals surface area contributed by atoms with E-state index >= 15 is 0 Å². The van der Waals surface area contributed by atoms with E-state index in [1.165, 1.54) is 10.6 Å². The van der Waals surface area contributed by atoms with Crippen LogP contribution in [0.3, 0.4) is 0 Å². The third-order valence-corrected chi connectivity index (χ3v) is 8.01. The Morgan fingerprint density at radius 1 is 1.15 bits per heavy atom. The van der Waals surface area contributed by atoms with Crippen LogP contribution in [0.4, 0.5) is 16.0 Å². The predicted octanol–water partition coefficient (Wildman–Crippen LogP) is 1.60. The van der Waals surface area contributed by atoms with Crippen molar-refractivity contribution < 1.29 is 13.6 Å². The number of nitrogen functional groups attached to an aromatic ring is 1. The second-order valence-electron chi connectivity index (χ2n) is 9.49. The number of aromatic nitrogens is 4. The summed E-state index contributed by atoms with van der Waals surface area (Å²) in [5.74, 6) is 0.00618. The zero-order valence-corrected chi connectivity index (χ0v) is 22.4. The summed E-state index contributed by atoms with van der Waals surface area (Å²) in [7, 11) is 0. The number of anilines is 2. The maximum atomic E-state index is 14.8. The molecule has 0 aliphatic carbocycles. The summed E-state index contributed by atoms with van der Waals surface area (Å²) in [6.07, 6.45) is 1.57. The molecule has 5 aromatic rings. The number of fused-ring (bicyclic) bond motifs is 3. The van der Waals surface area contributed by atoms with Crippen molar-refractivity contribution in [3.8, 4) is 11.5 Å². The van der Waals surface area contributed by atoms with Crippen molar-refractivity contribution in [2.24, 2.45) is 5.73 Å². The molecule has 1 aromatic carbocycles. The first-order valence-corrected chi connectivity index (χ1v) is 13.7. The normalized spacial score (nSPS) is 14.4. The van der Waals surface area contributed by atoms with E-state index in [0.717, 1.165) is 11.3 Å². The van der Waals surface area contributed by atoms with Crippen molar-refractivity contribution >= 4 is 44.7 Å². The molecule has 0 bridgehead atoms. The molecule has 1 fully saturated rings. The lowest BCUT2D eigenvalue weighted by atomic mass is 10.1. The van der Waals surface area contributed by atoms with Crippen molar-refractivity contribution in [2.75, 3.05) is 56.4 Å². The molecule has 1 saturated heterocycles. The van der Waals surface area contributed by atoms with Crippen LogP contribution in [0.2, 0.25) is 0 Å². The molecule has 0 unspecified atom stereocenters. The Hall–Kier alpha value is -4.27. The highest BCUT2D eigenvalue weighted by Gasteiger charge is 2.22. The summed E-state index contributed by atoms with van der Waals surface area (Å²) in [6.45, 7) is 4.36. The van der Waals surface area contributed by atoms with Crippen LogP contribution in [0.1, 0.15) is 10.4 Å². The van der Waals surface area contributed by atoms with Crippen LogP contribution >= 0.6 is 11.3 Å². The van der Waals surface area contributed by atoms with Crippen LogP contribution in [0.5, 0.6) is 0 Å². The average molecular weight is 566 g/mol. The number of nitrogens with zero attached hydrogens (tertiary/aromatic N) is 6. The van der Waals surface area contributed by atoms with E-state index in [4.69, 9.17) is 15.9 Å². The van der Waals surface area contributed by atoms with Gasteiger partial charge in [0.25, 0.3) is 5.91 Å². The maximum Gasteiger partial charge on any atom is 0.309 e. The van der Waals surface area contributed by atoms with Crippen LogP contribution in [0.15, 0.2) is 51.9 Å². The van der Waals surface area contributed by atoms with Gasteiger partial charge < -0.3 is 26.1 Å². The topological polar surface area (TPSA) is 153 Å². The Kier molecular flexibility index (Phi) is 6.96. The average Bonchev–Trinajstić information content (AvgIpc) is 3.70. The second-order valence-corrected chi connectivity index (χ2v) is 10.4. The van der Waals surface area contributed by atoms with E-state index in [0.29, 0.717) is 85.4 Å². The van der Waals surface area contributed by atoms with Crippen LogP contribution in [0, 0.1) is 5.82 Å². The standard InChI is InChI=1S/C26H28FN9O3S/c27-17-14-16(24(37)30-6-5-28)3-4-19(17)34-10-7-33(8-11-34)9-12-35-23-22(40-26(35)38)20-15-18(21-2-1-13-39-21)32-36(20)25(29)31-23/h1-4,13-15H,5-12,28H2,(H2,29,31)(H,30,37). The number of amides is 1. The fraction of sp³-hybridized carbons (Fsp3) is 0.308. The van der Waals surface area contributed by atoms with Crippen molar-refractivity contribution in [2.45, 2.75) is 6.54 Å². The van der Waals surface area contributed by atoms with E-state index in [-0.39, 0.29) is 22.3 Å². The molecule has 4 aromatic heterocycles. The zero-order chi connectivity index (χ0) is 27.8. The van der Waals surface area contributed by atoms with Gasteiger partial charge in [0.2, 0.25) is 5.95 Å². The number of benzene rings is 1. The molecule has 5 N–H and O–H groups in total. The van der Waals surface area contributed by atoms with Gasteiger partial charge in [0.05, 0.1) is 17.5 Å². The van der Waals surface area contributed by atoms with Gasteiger partial charge in [0.15, 0.2) is 11.4 Å². The number of piperazine rings is 1. The van der Waals surface area contributed by atoms with Gasteiger partial charge in [-0.1, -0.05) is 11.3 Å². The summed E-state index contributed by atoms with van der Waals surface area (Å²) in [5, 5.41) is 7.14. The van der Waals surface area contributed by atoms with Crippen LogP contribution < -0.4 is 26.6 Å². The number of hydrogen-bond acceptors (Lipinski definition) is 10. The molecular formula is C26H28FN9O3S. The van der Waals surface area contributed by atoms with Gasteiger partial charge in [-0.05, 0) is 36.4 Å². The van der Waals surface area contributed by atoms with E-state index in [1.54, 1.807) is 29.0 Å². The first-order valence-electron chi connectivity index (χ1n) is 12.9. The lowest BCUT2D eigenvalue weighted by Crippen LogP contribution is -2.47. The molecule has 1 amide bonds. The number of furan rings is 1. The van der Waals surface area contributed by atoms with E-state index in [2.05, 4.69) is 20.3 Å². The van der Waals surface area contributed by atoms with Gasteiger partial charge in [-0.25, -0.2) is 4.39 Å². The largest absolute Gasteiger partial charge is 0.463 e. The fourth-order valence-corrected chi connectivity index (χ4v) is 5.90. The molecule has 1 aliphatic rings. The third-order valence-electron chi connectivity index (χ3n) is 7.01. The summed E-state index contributed by atoms with van der Waals surface area (Å²) in [5.41, 5.74) is 14.2. The molecule has 5 heterocycles. The number of carbonyl (C=O) groups is 1. The lowest BCUT2D eigenvalue weighted by molar-refractivity contribution is 0.0954. The van der Waals surface area contributed by atoms with Gasteiger partial charge in [-0.3, -0.25) is 19.1 Å². The van der Waals surface area contributed by atoms with Gasteiger partial charge in [-0.15, -0.1) is 0 Å². The summed E-state index contributed by atoms with van der Waals surface area (Å²) in [6, 6.07) is 9.96.